The van der Waals surface area contributed by atoms with E-state index in [1.807, 2.05) is 58.1 Å². The topological polar surface area (TPSA) is 101 Å². The van der Waals surface area contributed by atoms with Gasteiger partial charge in [0.1, 0.15) is 11.9 Å². The summed E-state index contributed by atoms with van der Waals surface area (Å²) < 4.78 is 5.39. The van der Waals surface area contributed by atoms with Gasteiger partial charge in [0.25, 0.3) is 0 Å². The van der Waals surface area contributed by atoms with Crippen molar-refractivity contribution in [1.82, 2.24) is 0 Å². The third-order valence-corrected chi connectivity index (χ3v) is 7.12. The van der Waals surface area contributed by atoms with E-state index in [1.165, 1.54) is 11.6 Å². The van der Waals surface area contributed by atoms with Crippen LogP contribution in [-0.2, 0) is 19.1 Å². The van der Waals surface area contributed by atoms with Gasteiger partial charge >= 0.3 is 11.9 Å². The maximum absolute atomic E-state index is 13.0. The Morgan fingerprint density at radius 3 is 2.38 bits per heavy atom. The zero-order valence-corrected chi connectivity index (χ0v) is 24.9. The Balaban J connectivity index is 2.69. The molecule has 6 heteroatoms. The number of aliphatic hydroxyl groups is 1. The molecule has 0 aromatic heterocycles. The van der Waals surface area contributed by atoms with Crippen molar-refractivity contribution >= 4 is 17.7 Å². The number of rotatable bonds is 15. The Hall–Kier alpha value is -2.99. The van der Waals surface area contributed by atoms with E-state index in [0.29, 0.717) is 17.9 Å². The number of ketones is 1. The molecule has 7 atom stereocenters. The minimum absolute atomic E-state index is 0.0360. The molecule has 0 saturated carbocycles. The molecule has 0 fully saturated rings. The van der Waals surface area contributed by atoms with Crippen molar-refractivity contribution in [3.8, 4) is 0 Å². The van der Waals surface area contributed by atoms with Crippen molar-refractivity contribution in [2.75, 3.05) is 0 Å². The lowest BCUT2D eigenvalue weighted by Gasteiger charge is -2.25. The van der Waals surface area contributed by atoms with E-state index < -0.39 is 18.0 Å². The molecule has 0 amide bonds. The average Bonchev–Trinajstić information content (AvgIpc) is 2.86. The van der Waals surface area contributed by atoms with E-state index in [1.54, 1.807) is 13.8 Å². The fourth-order valence-corrected chi connectivity index (χ4v) is 4.75. The van der Waals surface area contributed by atoms with Crippen LogP contribution in [0.3, 0.4) is 0 Å². The monoisotopic (exact) mass is 540 g/mol. The Morgan fingerprint density at radius 2 is 1.77 bits per heavy atom. The summed E-state index contributed by atoms with van der Waals surface area (Å²) in [5, 5.41) is 19.6. The van der Waals surface area contributed by atoms with Crippen molar-refractivity contribution in [3.05, 3.63) is 71.4 Å². The number of Topliss-reactive ketones (excluding diaryl/α,β-unsaturated/α-hetero) is 1. The van der Waals surface area contributed by atoms with Gasteiger partial charge in [0.15, 0.2) is 0 Å². The van der Waals surface area contributed by atoms with Gasteiger partial charge in [-0.3, -0.25) is 4.79 Å². The molecule has 1 aliphatic rings. The van der Waals surface area contributed by atoms with Crippen LogP contribution < -0.4 is 0 Å². The number of cyclic esters (lactones) is 1. The molecule has 216 valence electrons. The van der Waals surface area contributed by atoms with Gasteiger partial charge in [0.05, 0.1) is 6.10 Å². The lowest BCUT2D eigenvalue weighted by molar-refractivity contribution is -0.143. The fraction of sp³-hybridized carbons (Fsp3) is 0.545. The largest absolute Gasteiger partial charge is 0.478 e. The second-order valence-corrected chi connectivity index (χ2v) is 11.1. The van der Waals surface area contributed by atoms with E-state index in [-0.39, 0.29) is 35.6 Å². The summed E-state index contributed by atoms with van der Waals surface area (Å²) in [6.07, 6.45) is 17.8. The van der Waals surface area contributed by atoms with Crippen LogP contribution in [0.15, 0.2) is 71.4 Å². The van der Waals surface area contributed by atoms with Crippen LogP contribution in [-0.4, -0.2) is 40.1 Å². The van der Waals surface area contributed by atoms with Crippen molar-refractivity contribution in [2.45, 2.75) is 86.9 Å². The lowest BCUT2D eigenvalue weighted by atomic mass is 9.83. The molecule has 0 aromatic rings. The van der Waals surface area contributed by atoms with E-state index in [9.17, 15) is 19.5 Å². The van der Waals surface area contributed by atoms with Gasteiger partial charge in [0, 0.05) is 29.9 Å². The minimum atomic E-state index is -1.01. The molecule has 0 aliphatic carbocycles. The molecule has 0 radical (unpaired) electrons. The van der Waals surface area contributed by atoms with E-state index in [4.69, 9.17) is 9.84 Å². The first kappa shape index (κ1) is 34.0. The standard InChI is InChI=1S/C33H48O6/c1-9-28(14-15-29-24(5)13-16-31(36)39-29)19-22(3)12-10-11-21(2)17-25(6)32(37)27(8)33(38)26(7)18-23(4)20-30(34)35/h10-11,13-17,19-20,22,24-27,29,33,38H,9,12,18H2,1-8H3,(H,34,35)/t22-,24+,25-,26+,27-,29+,33-/m1/s1. The number of carboxylic acid groups (broad SMARTS) is 1. The third-order valence-electron chi connectivity index (χ3n) is 7.12. The third kappa shape index (κ3) is 12.6. The Bertz CT molecular complexity index is 1020. The Morgan fingerprint density at radius 1 is 1.10 bits per heavy atom. The van der Waals surface area contributed by atoms with Crippen LogP contribution in [0.1, 0.15) is 74.7 Å². The van der Waals surface area contributed by atoms with Gasteiger partial charge in [-0.15, -0.1) is 0 Å². The molecule has 1 aliphatic heterocycles. The van der Waals surface area contributed by atoms with Crippen molar-refractivity contribution in [2.24, 2.45) is 29.6 Å². The Kier molecular flexibility index (Phi) is 14.7. The number of allylic oxidation sites excluding steroid dienone is 8. The first-order valence-corrected chi connectivity index (χ1v) is 14.0. The molecule has 0 saturated heterocycles. The highest BCUT2D eigenvalue weighted by molar-refractivity contribution is 5.85. The highest BCUT2D eigenvalue weighted by Gasteiger charge is 2.29. The number of carbonyl (C=O) groups is 3. The predicted molar refractivity (Wildman–Crippen MR) is 157 cm³/mol. The number of hydrogen-bond donors (Lipinski definition) is 2. The number of carboxylic acids is 1. The molecule has 1 rings (SSSR count). The Labute approximate surface area is 234 Å². The van der Waals surface area contributed by atoms with Gasteiger partial charge in [0.2, 0.25) is 0 Å². The molecule has 0 unspecified atom stereocenters. The highest BCUT2D eigenvalue weighted by Crippen LogP contribution is 2.24. The number of ether oxygens (including phenoxy) is 1. The molecule has 0 bridgehead atoms. The first-order valence-electron chi connectivity index (χ1n) is 14.0. The average molecular weight is 541 g/mol. The molecule has 2 N–H and O–H groups in total. The van der Waals surface area contributed by atoms with Crippen molar-refractivity contribution in [1.29, 1.82) is 0 Å². The lowest BCUT2D eigenvalue weighted by Crippen LogP contribution is -2.34. The molecule has 0 spiro atoms. The molecular weight excluding hydrogens is 492 g/mol. The van der Waals surface area contributed by atoms with Crippen LogP contribution in [0.5, 0.6) is 0 Å². The molecular formula is C33H48O6. The van der Waals surface area contributed by atoms with Crippen LogP contribution in [0, 0.1) is 29.6 Å². The molecule has 1 heterocycles. The van der Waals surface area contributed by atoms with Gasteiger partial charge in [-0.05, 0) is 51.0 Å². The van der Waals surface area contributed by atoms with Crippen molar-refractivity contribution in [3.63, 3.8) is 0 Å². The zero-order valence-electron chi connectivity index (χ0n) is 24.9. The number of aliphatic hydroxyl groups excluding tert-OH is 1. The molecule has 39 heavy (non-hydrogen) atoms. The SMILES string of the molecule is CCC(C=C[C@@H]1OC(=O)C=C[C@@H]1C)=C[C@H](C)CC=CC(C)=C[C@@H](C)C(=O)[C@@H](C)[C@H](O)[C@@H](C)CC(C)=CC(=O)O. The van der Waals surface area contributed by atoms with Gasteiger partial charge in [-0.1, -0.05) is 94.7 Å². The smallest absolute Gasteiger partial charge is 0.331 e. The van der Waals surface area contributed by atoms with E-state index in [2.05, 4.69) is 26.0 Å². The highest BCUT2D eigenvalue weighted by atomic mass is 16.5. The number of esters is 1. The summed E-state index contributed by atoms with van der Waals surface area (Å²) >= 11 is 0. The first-order chi connectivity index (χ1) is 18.2. The van der Waals surface area contributed by atoms with E-state index >= 15 is 0 Å². The quantitative estimate of drug-likeness (QED) is 0.135. The van der Waals surface area contributed by atoms with Crippen LogP contribution in [0.25, 0.3) is 0 Å². The summed E-state index contributed by atoms with van der Waals surface area (Å²) in [5.41, 5.74) is 2.84. The predicted octanol–water partition coefficient (Wildman–Crippen LogP) is 6.78. The zero-order chi connectivity index (χ0) is 29.7. The summed E-state index contributed by atoms with van der Waals surface area (Å²) in [4.78, 5) is 35.3. The summed E-state index contributed by atoms with van der Waals surface area (Å²) in [6, 6.07) is 0. The van der Waals surface area contributed by atoms with Gasteiger partial charge in [-0.2, -0.15) is 0 Å². The maximum Gasteiger partial charge on any atom is 0.331 e. The summed E-state index contributed by atoms with van der Waals surface area (Å²) in [7, 11) is 0. The number of aliphatic carboxylic acids is 1. The van der Waals surface area contributed by atoms with Crippen molar-refractivity contribution < 1.29 is 29.3 Å². The number of hydrogen-bond acceptors (Lipinski definition) is 5. The summed E-state index contributed by atoms with van der Waals surface area (Å²) in [6.45, 7) is 15.4. The van der Waals surface area contributed by atoms with Crippen LogP contribution in [0.2, 0.25) is 0 Å². The minimum Gasteiger partial charge on any atom is -0.478 e. The maximum atomic E-state index is 13.0. The fourth-order valence-electron chi connectivity index (χ4n) is 4.75. The normalized spacial score (nSPS) is 23.0. The van der Waals surface area contributed by atoms with Crippen LogP contribution in [0.4, 0.5) is 0 Å². The summed E-state index contributed by atoms with van der Waals surface area (Å²) in [5.74, 6) is -2.01. The van der Waals surface area contributed by atoms with Gasteiger partial charge in [-0.25, -0.2) is 9.59 Å². The second kappa shape index (κ2) is 16.9. The van der Waals surface area contributed by atoms with Crippen LogP contribution >= 0.6 is 0 Å². The van der Waals surface area contributed by atoms with Gasteiger partial charge < -0.3 is 14.9 Å². The molecule has 6 nitrogen and oxygen atoms in total. The number of carbonyl (C=O) groups excluding carboxylic acids is 2. The molecule has 0 aromatic carbocycles. The second-order valence-electron chi connectivity index (χ2n) is 11.1. The van der Waals surface area contributed by atoms with E-state index in [0.717, 1.165) is 24.5 Å².